The average molecular weight is 611 g/mol. The normalized spacial score (nSPS) is 16.2. The minimum atomic E-state index is -0.220. The van der Waals surface area contributed by atoms with Gasteiger partial charge in [-0.05, 0) is 86.4 Å². The van der Waals surface area contributed by atoms with E-state index in [1.54, 1.807) is 36.0 Å². The smallest absolute Gasteiger partial charge is 0.254 e. The fourth-order valence-corrected chi connectivity index (χ4v) is 6.34. The van der Waals surface area contributed by atoms with Gasteiger partial charge < -0.3 is 24.5 Å². The second kappa shape index (κ2) is 12.7. The third-order valence-corrected chi connectivity index (χ3v) is 8.71. The number of carbonyl (C=O) groups is 4. The largest absolute Gasteiger partial charge is 0.493 e. The van der Waals surface area contributed by atoms with E-state index in [-0.39, 0.29) is 47.9 Å². The molecule has 0 radical (unpaired) electrons. The molecule has 0 aliphatic carbocycles. The van der Waals surface area contributed by atoms with Crippen molar-refractivity contribution in [1.82, 2.24) is 24.4 Å². The number of anilines is 1. The van der Waals surface area contributed by atoms with Gasteiger partial charge in [-0.15, -0.1) is 0 Å². The predicted octanol–water partition coefficient (Wildman–Crippen LogP) is 4.97. The average Bonchev–Trinajstić information content (AvgIpc) is 3.58. The molecule has 45 heavy (non-hydrogen) atoms. The molecule has 1 saturated heterocycles. The maximum atomic E-state index is 13.2. The standard InChI is InChI=1S/C34H38N6O5/c1-20-15-25-23(10-11-24-7-4-5-13-40(24)34(25)44)18-29(20)45-14-6-8-31(43)37-30-19-39(3)33(38-30)28(42)17-22-9-12-26-27(16-22)36-32(35-26)21(2)41/h9,12,15-16,18-19,24H,4-8,10-11,13-14,17H2,1-3H3,(H,35,36)(H,37,43)/t24-/m0/s1. The van der Waals surface area contributed by atoms with E-state index in [2.05, 4.69) is 25.2 Å². The first-order valence-electron chi connectivity index (χ1n) is 15.6. The van der Waals surface area contributed by atoms with Crippen LogP contribution >= 0.6 is 0 Å². The number of nitrogens with zero attached hydrogens (tertiary/aromatic N) is 4. The lowest BCUT2D eigenvalue weighted by Crippen LogP contribution is -2.42. The maximum absolute atomic E-state index is 13.2. The summed E-state index contributed by atoms with van der Waals surface area (Å²) in [6, 6.07) is 9.66. The first-order chi connectivity index (χ1) is 21.7. The van der Waals surface area contributed by atoms with Crippen LogP contribution in [0.25, 0.3) is 11.0 Å². The molecule has 4 heterocycles. The highest BCUT2D eigenvalue weighted by Gasteiger charge is 2.32. The number of ether oxygens (including phenoxy) is 1. The van der Waals surface area contributed by atoms with Gasteiger partial charge in [-0.2, -0.15) is 0 Å². The molecule has 11 nitrogen and oxygen atoms in total. The summed E-state index contributed by atoms with van der Waals surface area (Å²) in [5, 5.41) is 2.78. The molecule has 234 valence electrons. The number of aromatic nitrogens is 4. The van der Waals surface area contributed by atoms with Gasteiger partial charge in [0.2, 0.25) is 11.7 Å². The molecule has 11 heteroatoms. The molecular formula is C34H38N6O5. The molecule has 1 atom stereocenters. The minimum Gasteiger partial charge on any atom is -0.493 e. The minimum absolute atomic E-state index is 0.106. The van der Waals surface area contributed by atoms with Crippen LogP contribution in [0.1, 0.15) is 93.7 Å². The van der Waals surface area contributed by atoms with Gasteiger partial charge in [-0.25, -0.2) is 9.97 Å². The second-order valence-corrected chi connectivity index (χ2v) is 12.1. The van der Waals surface area contributed by atoms with Crippen LogP contribution in [0, 0.1) is 6.92 Å². The monoisotopic (exact) mass is 610 g/mol. The van der Waals surface area contributed by atoms with Gasteiger partial charge in [-0.3, -0.25) is 19.2 Å². The molecule has 0 spiro atoms. The van der Waals surface area contributed by atoms with E-state index in [1.807, 2.05) is 19.1 Å². The van der Waals surface area contributed by atoms with Crippen LogP contribution < -0.4 is 10.1 Å². The van der Waals surface area contributed by atoms with Crippen LogP contribution in [-0.2, 0) is 24.7 Å². The summed E-state index contributed by atoms with van der Waals surface area (Å²) in [5.74, 6) is 1.13. The number of aryl methyl sites for hydroxylation is 3. The Kier molecular flexibility index (Phi) is 8.51. The Morgan fingerprint density at radius 1 is 1.11 bits per heavy atom. The number of Topliss-reactive ketones (excluding diaryl/α,β-unsaturated/α-hetero) is 2. The molecule has 2 aromatic heterocycles. The summed E-state index contributed by atoms with van der Waals surface area (Å²) in [7, 11) is 1.71. The van der Waals surface area contributed by atoms with Crippen LogP contribution in [0.3, 0.4) is 0 Å². The third kappa shape index (κ3) is 6.52. The van der Waals surface area contributed by atoms with Crippen molar-refractivity contribution in [3.63, 3.8) is 0 Å². The number of piperidine rings is 1. The third-order valence-electron chi connectivity index (χ3n) is 8.71. The highest BCUT2D eigenvalue weighted by molar-refractivity contribution is 5.98. The summed E-state index contributed by atoms with van der Waals surface area (Å²) in [6.07, 6.45) is 7.61. The van der Waals surface area contributed by atoms with Crippen molar-refractivity contribution in [2.24, 2.45) is 7.05 Å². The van der Waals surface area contributed by atoms with E-state index in [0.29, 0.717) is 35.9 Å². The van der Waals surface area contributed by atoms with Gasteiger partial charge in [0.05, 0.1) is 17.6 Å². The zero-order chi connectivity index (χ0) is 31.7. The van der Waals surface area contributed by atoms with Crippen LogP contribution in [0.4, 0.5) is 5.82 Å². The molecule has 2 aliphatic heterocycles. The topological polar surface area (TPSA) is 139 Å². The van der Waals surface area contributed by atoms with E-state index < -0.39 is 0 Å². The number of imidazole rings is 2. The van der Waals surface area contributed by atoms with Crippen molar-refractivity contribution in [3.05, 3.63) is 70.4 Å². The van der Waals surface area contributed by atoms with E-state index in [0.717, 1.165) is 60.2 Å². The molecule has 2 aliphatic rings. The molecule has 4 aromatic rings. The van der Waals surface area contributed by atoms with Crippen molar-refractivity contribution < 1.29 is 23.9 Å². The van der Waals surface area contributed by atoms with Crippen molar-refractivity contribution in [1.29, 1.82) is 0 Å². The molecule has 2 amide bonds. The van der Waals surface area contributed by atoms with Crippen molar-refractivity contribution in [2.75, 3.05) is 18.5 Å². The number of hydrogen-bond donors (Lipinski definition) is 2. The zero-order valence-corrected chi connectivity index (χ0v) is 25.9. The first kappa shape index (κ1) is 30.2. The van der Waals surface area contributed by atoms with Crippen LogP contribution in [0.15, 0.2) is 36.5 Å². The Morgan fingerprint density at radius 3 is 2.78 bits per heavy atom. The number of benzene rings is 2. The van der Waals surface area contributed by atoms with E-state index in [4.69, 9.17) is 4.74 Å². The Hall–Kier alpha value is -4.80. The molecule has 0 unspecified atom stereocenters. The van der Waals surface area contributed by atoms with Gasteiger partial charge in [0, 0.05) is 51.2 Å². The lowest BCUT2D eigenvalue weighted by Gasteiger charge is -2.34. The van der Waals surface area contributed by atoms with Crippen molar-refractivity contribution in [2.45, 2.75) is 71.3 Å². The fraction of sp³-hybridized carbons (Fsp3) is 0.412. The summed E-state index contributed by atoms with van der Waals surface area (Å²) in [6.45, 7) is 4.59. The molecule has 2 N–H and O–H groups in total. The summed E-state index contributed by atoms with van der Waals surface area (Å²) in [4.78, 5) is 64.2. The van der Waals surface area contributed by atoms with Crippen LogP contribution in [-0.4, -0.2) is 67.0 Å². The molecular weight excluding hydrogens is 572 g/mol. The van der Waals surface area contributed by atoms with E-state index >= 15 is 0 Å². The van der Waals surface area contributed by atoms with E-state index in [9.17, 15) is 19.2 Å². The number of ketones is 2. The lowest BCUT2D eigenvalue weighted by molar-refractivity contribution is -0.116. The van der Waals surface area contributed by atoms with Gasteiger partial charge in [-0.1, -0.05) is 6.07 Å². The van der Waals surface area contributed by atoms with E-state index in [1.165, 1.54) is 13.3 Å². The number of hydrogen-bond acceptors (Lipinski definition) is 7. The number of aromatic amines is 1. The fourth-order valence-electron chi connectivity index (χ4n) is 6.34. The van der Waals surface area contributed by atoms with Crippen LogP contribution in [0.5, 0.6) is 5.75 Å². The van der Waals surface area contributed by atoms with Gasteiger partial charge >= 0.3 is 0 Å². The number of rotatable bonds is 10. The molecule has 0 bridgehead atoms. The highest BCUT2D eigenvalue weighted by Crippen LogP contribution is 2.32. The maximum Gasteiger partial charge on any atom is 0.254 e. The van der Waals surface area contributed by atoms with Crippen LogP contribution in [0.2, 0.25) is 0 Å². The molecule has 0 saturated carbocycles. The van der Waals surface area contributed by atoms with Gasteiger partial charge in [0.15, 0.2) is 23.2 Å². The summed E-state index contributed by atoms with van der Waals surface area (Å²) in [5.41, 5.74) is 4.84. The Morgan fingerprint density at radius 2 is 1.96 bits per heavy atom. The summed E-state index contributed by atoms with van der Waals surface area (Å²) >= 11 is 0. The van der Waals surface area contributed by atoms with Crippen molar-refractivity contribution >= 4 is 40.2 Å². The lowest BCUT2D eigenvalue weighted by atomic mass is 9.97. The highest BCUT2D eigenvalue weighted by atomic mass is 16.5. The van der Waals surface area contributed by atoms with Gasteiger partial charge in [0.25, 0.3) is 5.91 Å². The number of nitrogens with one attached hydrogen (secondary N) is 2. The quantitative estimate of drug-likeness (QED) is 0.191. The molecule has 6 rings (SSSR count). The Labute approximate surface area is 261 Å². The first-order valence-corrected chi connectivity index (χ1v) is 15.6. The SMILES string of the molecule is CC(=O)c1nc2ccc(CC(=O)c3nc(NC(=O)CCCOc4cc5c(cc4C)C(=O)N4CCCC[C@H]4CC5)cn3C)cc2[nH]1. The predicted molar refractivity (Wildman–Crippen MR) is 169 cm³/mol. The number of H-pyrrole nitrogens is 1. The number of carbonyl (C=O) groups excluding carboxylic acids is 4. The Balaban J connectivity index is 1.00. The van der Waals surface area contributed by atoms with Gasteiger partial charge in [0.1, 0.15) is 5.75 Å². The molecule has 2 aromatic carbocycles. The van der Waals surface area contributed by atoms with Crippen molar-refractivity contribution in [3.8, 4) is 5.75 Å². The molecule has 1 fully saturated rings. The number of amides is 2. The zero-order valence-electron chi connectivity index (χ0n) is 25.9. The second-order valence-electron chi connectivity index (χ2n) is 12.1. The number of fused-ring (bicyclic) bond motifs is 3. The Bertz CT molecular complexity index is 1800. The summed E-state index contributed by atoms with van der Waals surface area (Å²) < 4.78 is 7.66.